The molecule has 1 saturated heterocycles. The highest BCUT2D eigenvalue weighted by Crippen LogP contribution is 2.26. The van der Waals surface area contributed by atoms with Gasteiger partial charge in [-0.05, 0) is 31.3 Å². The van der Waals surface area contributed by atoms with E-state index in [0.29, 0.717) is 6.04 Å². The van der Waals surface area contributed by atoms with Crippen LogP contribution in [0.1, 0.15) is 12.8 Å². The fourth-order valence-electron chi connectivity index (χ4n) is 2.76. The number of nitrogens with zero attached hydrogens (tertiary/aromatic N) is 2. The molecule has 0 spiro atoms. The summed E-state index contributed by atoms with van der Waals surface area (Å²) in [4.78, 5) is 7.01. The number of anilines is 1. The monoisotopic (exact) mass is 241 g/mol. The summed E-state index contributed by atoms with van der Waals surface area (Å²) >= 11 is 0. The standard InChI is InChI=1S/C15H19N3/c1-16-13-6-4-10-18(11-13)15-14-7-3-2-5-12(14)8-9-17-15/h2-3,5,7-9,13,16H,4,6,10-11H2,1H3. The van der Waals surface area contributed by atoms with Gasteiger partial charge in [0.1, 0.15) is 5.82 Å². The molecule has 0 bridgehead atoms. The lowest BCUT2D eigenvalue weighted by Gasteiger charge is -2.34. The van der Waals surface area contributed by atoms with E-state index in [4.69, 9.17) is 0 Å². The molecule has 0 saturated carbocycles. The van der Waals surface area contributed by atoms with Crippen LogP contribution < -0.4 is 10.2 Å². The van der Waals surface area contributed by atoms with Gasteiger partial charge in [0.2, 0.25) is 0 Å². The van der Waals surface area contributed by atoms with Crippen molar-refractivity contribution in [3.8, 4) is 0 Å². The average molecular weight is 241 g/mol. The maximum absolute atomic E-state index is 4.60. The molecule has 1 N–H and O–H groups in total. The molecule has 3 nitrogen and oxygen atoms in total. The zero-order valence-electron chi connectivity index (χ0n) is 10.8. The number of hydrogen-bond donors (Lipinski definition) is 1. The Morgan fingerprint density at radius 2 is 2.17 bits per heavy atom. The van der Waals surface area contributed by atoms with Crippen molar-refractivity contribution in [1.29, 1.82) is 0 Å². The molecule has 1 aliphatic heterocycles. The van der Waals surface area contributed by atoms with E-state index < -0.39 is 0 Å². The molecular weight excluding hydrogens is 222 g/mol. The maximum Gasteiger partial charge on any atom is 0.136 e. The van der Waals surface area contributed by atoms with Gasteiger partial charge < -0.3 is 10.2 Å². The van der Waals surface area contributed by atoms with Crippen molar-refractivity contribution in [2.45, 2.75) is 18.9 Å². The lowest BCUT2D eigenvalue weighted by atomic mass is 10.0. The van der Waals surface area contributed by atoms with Gasteiger partial charge in [0, 0.05) is 30.7 Å². The molecule has 18 heavy (non-hydrogen) atoms. The Labute approximate surface area is 108 Å². The van der Waals surface area contributed by atoms with Gasteiger partial charge in [0.05, 0.1) is 0 Å². The second-order valence-corrected chi connectivity index (χ2v) is 4.93. The van der Waals surface area contributed by atoms with Crippen LogP contribution in [0.25, 0.3) is 10.8 Å². The molecule has 1 aliphatic rings. The predicted octanol–water partition coefficient (Wildman–Crippen LogP) is 2.42. The Kier molecular flexibility index (Phi) is 3.15. The van der Waals surface area contributed by atoms with Crippen LogP contribution in [-0.2, 0) is 0 Å². The van der Waals surface area contributed by atoms with E-state index in [1.807, 2.05) is 13.2 Å². The van der Waals surface area contributed by atoms with E-state index in [0.717, 1.165) is 18.9 Å². The van der Waals surface area contributed by atoms with E-state index in [9.17, 15) is 0 Å². The van der Waals surface area contributed by atoms with Crippen molar-refractivity contribution in [3.63, 3.8) is 0 Å². The molecule has 1 aromatic carbocycles. The van der Waals surface area contributed by atoms with Gasteiger partial charge in [-0.25, -0.2) is 4.98 Å². The lowest BCUT2D eigenvalue weighted by molar-refractivity contribution is 0.448. The van der Waals surface area contributed by atoms with Crippen LogP contribution in [0, 0.1) is 0 Å². The number of hydrogen-bond acceptors (Lipinski definition) is 3. The van der Waals surface area contributed by atoms with Gasteiger partial charge in [-0.1, -0.05) is 24.3 Å². The largest absolute Gasteiger partial charge is 0.355 e. The minimum Gasteiger partial charge on any atom is -0.355 e. The maximum atomic E-state index is 4.60. The van der Waals surface area contributed by atoms with E-state index in [2.05, 4.69) is 45.5 Å². The molecule has 0 amide bonds. The highest BCUT2D eigenvalue weighted by atomic mass is 15.2. The molecule has 0 radical (unpaired) electrons. The van der Waals surface area contributed by atoms with Crippen LogP contribution in [0.15, 0.2) is 36.5 Å². The Morgan fingerprint density at radius 1 is 1.28 bits per heavy atom. The van der Waals surface area contributed by atoms with Crippen molar-refractivity contribution in [1.82, 2.24) is 10.3 Å². The fourth-order valence-corrected chi connectivity index (χ4v) is 2.76. The minimum atomic E-state index is 0.583. The molecule has 1 aromatic heterocycles. The van der Waals surface area contributed by atoms with E-state index in [1.54, 1.807) is 0 Å². The van der Waals surface area contributed by atoms with Crippen molar-refractivity contribution < 1.29 is 0 Å². The average Bonchev–Trinajstić information content (AvgIpc) is 2.47. The number of benzene rings is 1. The summed E-state index contributed by atoms with van der Waals surface area (Å²) in [5.74, 6) is 1.13. The Balaban J connectivity index is 1.98. The summed E-state index contributed by atoms with van der Waals surface area (Å²) in [6.45, 7) is 2.16. The molecule has 3 heteroatoms. The van der Waals surface area contributed by atoms with Crippen molar-refractivity contribution in [3.05, 3.63) is 36.5 Å². The van der Waals surface area contributed by atoms with Gasteiger partial charge in [0.15, 0.2) is 0 Å². The predicted molar refractivity (Wildman–Crippen MR) is 76.0 cm³/mol. The zero-order valence-corrected chi connectivity index (χ0v) is 10.8. The summed E-state index contributed by atoms with van der Waals surface area (Å²) in [5.41, 5.74) is 0. The molecule has 0 aliphatic carbocycles. The number of likely N-dealkylation sites (N-methyl/N-ethyl adjacent to an activating group) is 1. The third-order valence-corrected chi connectivity index (χ3v) is 3.78. The smallest absolute Gasteiger partial charge is 0.136 e. The summed E-state index contributed by atoms with van der Waals surface area (Å²) in [6.07, 6.45) is 4.41. The van der Waals surface area contributed by atoms with E-state index in [1.165, 1.54) is 23.6 Å². The first-order chi connectivity index (χ1) is 8.88. The number of fused-ring (bicyclic) bond motifs is 1. The van der Waals surface area contributed by atoms with Gasteiger partial charge >= 0.3 is 0 Å². The first-order valence-electron chi connectivity index (χ1n) is 6.64. The molecule has 3 rings (SSSR count). The van der Waals surface area contributed by atoms with Gasteiger partial charge in [-0.3, -0.25) is 0 Å². The van der Waals surface area contributed by atoms with Gasteiger partial charge in [-0.2, -0.15) is 0 Å². The van der Waals surface area contributed by atoms with E-state index in [-0.39, 0.29) is 0 Å². The molecule has 1 unspecified atom stereocenters. The molecule has 2 heterocycles. The van der Waals surface area contributed by atoms with Gasteiger partial charge in [0.25, 0.3) is 0 Å². The molecule has 2 aromatic rings. The second-order valence-electron chi connectivity index (χ2n) is 4.93. The van der Waals surface area contributed by atoms with Crippen LogP contribution in [0.5, 0.6) is 0 Å². The number of rotatable bonds is 2. The summed E-state index contributed by atoms with van der Waals surface area (Å²) in [6, 6.07) is 11.2. The summed E-state index contributed by atoms with van der Waals surface area (Å²) in [5, 5.41) is 5.92. The van der Waals surface area contributed by atoms with Crippen LogP contribution in [0.4, 0.5) is 5.82 Å². The number of aromatic nitrogens is 1. The number of nitrogens with one attached hydrogen (secondary N) is 1. The van der Waals surface area contributed by atoms with Crippen LogP contribution in [-0.4, -0.2) is 31.2 Å². The Morgan fingerprint density at radius 3 is 3.06 bits per heavy atom. The van der Waals surface area contributed by atoms with Crippen molar-refractivity contribution >= 4 is 16.6 Å². The van der Waals surface area contributed by atoms with Crippen LogP contribution >= 0.6 is 0 Å². The third kappa shape index (κ3) is 2.06. The number of piperidine rings is 1. The first-order valence-corrected chi connectivity index (χ1v) is 6.64. The lowest BCUT2D eigenvalue weighted by Crippen LogP contribution is -2.44. The molecule has 1 fully saturated rings. The first kappa shape index (κ1) is 11.5. The van der Waals surface area contributed by atoms with E-state index >= 15 is 0 Å². The molecule has 94 valence electrons. The quantitative estimate of drug-likeness (QED) is 0.875. The van der Waals surface area contributed by atoms with Gasteiger partial charge in [-0.15, -0.1) is 0 Å². The summed E-state index contributed by atoms with van der Waals surface area (Å²) < 4.78 is 0. The Hall–Kier alpha value is -1.61. The Bertz CT molecular complexity index is 533. The molecule has 1 atom stereocenters. The molecular formula is C15H19N3. The van der Waals surface area contributed by atoms with Crippen molar-refractivity contribution in [2.24, 2.45) is 0 Å². The third-order valence-electron chi connectivity index (χ3n) is 3.78. The number of pyridine rings is 1. The summed E-state index contributed by atoms with van der Waals surface area (Å²) in [7, 11) is 2.05. The second kappa shape index (κ2) is 4.94. The minimum absolute atomic E-state index is 0.583. The normalized spacial score (nSPS) is 20.3. The van der Waals surface area contributed by atoms with Crippen LogP contribution in [0.3, 0.4) is 0 Å². The SMILES string of the molecule is CNC1CCCN(c2nccc3ccccc23)C1. The zero-order chi connectivity index (χ0) is 12.4. The highest BCUT2D eigenvalue weighted by Gasteiger charge is 2.20. The highest BCUT2D eigenvalue weighted by molar-refractivity contribution is 5.92. The van der Waals surface area contributed by atoms with Crippen molar-refractivity contribution in [2.75, 3.05) is 25.0 Å². The van der Waals surface area contributed by atoms with Crippen LogP contribution in [0.2, 0.25) is 0 Å². The fraction of sp³-hybridized carbons (Fsp3) is 0.400. The topological polar surface area (TPSA) is 28.2 Å².